The van der Waals surface area contributed by atoms with Crippen LogP contribution in [0.25, 0.3) is 0 Å². The molecular weight excluding hydrogens is 366 g/mol. The molecule has 0 bridgehead atoms. The van der Waals surface area contributed by atoms with Crippen molar-refractivity contribution in [2.24, 2.45) is 0 Å². The van der Waals surface area contributed by atoms with Crippen LogP contribution in [0.5, 0.6) is 11.5 Å². The number of anilines is 2. The number of rotatable bonds is 6. The summed E-state index contributed by atoms with van der Waals surface area (Å²) >= 11 is 0. The van der Waals surface area contributed by atoms with Crippen molar-refractivity contribution in [2.75, 3.05) is 17.0 Å². The van der Waals surface area contributed by atoms with E-state index in [2.05, 4.69) is 41.2 Å². The number of amides is 1. The molecule has 0 saturated carbocycles. The van der Waals surface area contributed by atoms with Crippen LogP contribution in [0.15, 0.2) is 66.9 Å². The Hall–Kier alpha value is -3.54. The number of ether oxygens (including phenoxy) is 2. The van der Waals surface area contributed by atoms with E-state index in [1.54, 1.807) is 30.5 Å². The number of nitrogens with one attached hydrogen (secondary N) is 1. The molecule has 1 aliphatic rings. The zero-order valence-electron chi connectivity index (χ0n) is 16.5. The van der Waals surface area contributed by atoms with Crippen LogP contribution < -0.4 is 19.7 Å². The summed E-state index contributed by atoms with van der Waals surface area (Å²) in [6.45, 7) is 5.15. The van der Waals surface area contributed by atoms with Crippen molar-refractivity contribution in [3.8, 4) is 11.5 Å². The van der Waals surface area contributed by atoms with Gasteiger partial charge < -0.3 is 19.7 Å². The van der Waals surface area contributed by atoms with Gasteiger partial charge in [0.1, 0.15) is 5.82 Å². The van der Waals surface area contributed by atoms with Gasteiger partial charge in [-0.25, -0.2) is 4.98 Å². The van der Waals surface area contributed by atoms with E-state index in [1.807, 2.05) is 24.3 Å². The van der Waals surface area contributed by atoms with E-state index in [1.165, 1.54) is 5.56 Å². The van der Waals surface area contributed by atoms with Gasteiger partial charge in [0.15, 0.2) is 11.5 Å². The summed E-state index contributed by atoms with van der Waals surface area (Å²) in [5.41, 5.74) is 2.40. The van der Waals surface area contributed by atoms with Crippen LogP contribution in [0.1, 0.15) is 29.8 Å². The maximum absolute atomic E-state index is 12.8. The maximum Gasteiger partial charge on any atom is 0.255 e. The Bertz CT molecular complexity index is 1010. The smallest absolute Gasteiger partial charge is 0.255 e. The molecule has 0 aliphatic carbocycles. The summed E-state index contributed by atoms with van der Waals surface area (Å²) < 4.78 is 10.7. The fourth-order valence-corrected chi connectivity index (χ4v) is 3.20. The minimum Gasteiger partial charge on any atom is -0.454 e. The second kappa shape index (κ2) is 8.22. The molecule has 0 atom stereocenters. The second-order valence-electron chi connectivity index (χ2n) is 7.13. The van der Waals surface area contributed by atoms with Gasteiger partial charge in [0.2, 0.25) is 6.79 Å². The number of hydrogen-bond donors (Lipinski definition) is 1. The Kier molecular flexibility index (Phi) is 5.33. The van der Waals surface area contributed by atoms with Gasteiger partial charge in [-0.2, -0.15) is 0 Å². The first-order valence-electron chi connectivity index (χ1n) is 9.58. The van der Waals surface area contributed by atoms with E-state index in [-0.39, 0.29) is 18.7 Å². The molecule has 1 N–H and O–H groups in total. The van der Waals surface area contributed by atoms with Crippen LogP contribution in [-0.4, -0.2) is 23.7 Å². The number of pyridine rings is 1. The lowest BCUT2D eigenvalue weighted by atomic mass is 10.1. The van der Waals surface area contributed by atoms with Gasteiger partial charge in [0.25, 0.3) is 5.91 Å². The molecule has 4 rings (SSSR count). The SMILES string of the molecule is CC(C)N(Cc1ccccc1)c1cc(C(=O)Nc2ccc3c(c2)OCO3)ccn1. The van der Waals surface area contributed by atoms with Crippen LogP contribution in [0.3, 0.4) is 0 Å². The minimum absolute atomic E-state index is 0.198. The van der Waals surface area contributed by atoms with Crippen molar-refractivity contribution in [3.05, 3.63) is 78.0 Å². The zero-order chi connectivity index (χ0) is 20.2. The molecule has 6 heteroatoms. The summed E-state index contributed by atoms with van der Waals surface area (Å²) in [6.07, 6.45) is 1.67. The minimum atomic E-state index is -0.198. The normalized spacial score (nSPS) is 12.1. The third-order valence-corrected chi connectivity index (χ3v) is 4.75. The molecule has 0 saturated heterocycles. The highest BCUT2D eigenvalue weighted by atomic mass is 16.7. The maximum atomic E-state index is 12.8. The predicted molar refractivity (Wildman–Crippen MR) is 113 cm³/mol. The monoisotopic (exact) mass is 389 g/mol. The Labute approximate surface area is 170 Å². The van der Waals surface area contributed by atoms with E-state index in [0.717, 1.165) is 12.4 Å². The fraction of sp³-hybridized carbons (Fsp3) is 0.217. The molecule has 1 amide bonds. The number of hydrogen-bond acceptors (Lipinski definition) is 5. The van der Waals surface area contributed by atoms with Crippen LogP contribution >= 0.6 is 0 Å². The van der Waals surface area contributed by atoms with Crippen LogP contribution in [-0.2, 0) is 6.54 Å². The van der Waals surface area contributed by atoms with Crippen molar-refractivity contribution < 1.29 is 14.3 Å². The zero-order valence-corrected chi connectivity index (χ0v) is 16.5. The predicted octanol–water partition coefficient (Wildman–Crippen LogP) is 4.48. The van der Waals surface area contributed by atoms with Crippen LogP contribution in [0.2, 0.25) is 0 Å². The summed E-state index contributed by atoms with van der Waals surface area (Å²) in [7, 11) is 0. The third kappa shape index (κ3) is 4.32. The van der Waals surface area contributed by atoms with Crippen molar-refractivity contribution in [1.82, 2.24) is 4.98 Å². The summed E-state index contributed by atoms with van der Waals surface area (Å²) in [6, 6.07) is 19.3. The molecule has 2 heterocycles. The Balaban J connectivity index is 1.53. The molecule has 2 aromatic carbocycles. The van der Waals surface area contributed by atoms with E-state index in [4.69, 9.17) is 9.47 Å². The highest BCUT2D eigenvalue weighted by Gasteiger charge is 2.17. The average molecular weight is 389 g/mol. The molecule has 3 aromatic rings. The van der Waals surface area contributed by atoms with Gasteiger partial charge in [0.05, 0.1) is 0 Å². The highest BCUT2D eigenvalue weighted by Crippen LogP contribution is 2.34. The highest BCUT2D eigenvalue weighted by molar-refractivity contribution is 6.04. The van der Waals surface area contributed by atoms with Crippen molar-refractivity contribution >= 4 is 17.4 Å². The lowest BCUT2D eigenvalue weighted by Gasteiger charge is -2.28. The first kappa shape index (κ1) is 18.8. The summed E-state index contributed by atoms with van der Waals surface area (Å²) in [5, 5.41) is 2.91. The topological polar surface area (TPSA) is 63.7 Å². The number of carbonyl (C=O) groups is 1. The van der Waals surface area contributed by atoms with Gasteiger partial charge in [-0.3, -0.25) is 4.79 Å². The molecule has 0 spiro atoms. The molecule has 0 radical (unpaired) electrons. The molecule has 1 aromatic heterocycles. The Morgan fingerprint density at radius 1 is 1.07 bits per heavy atom. The van der Waals surface area contributed by atoms with E-state index < -0.39 is 0 Å². The van der Waals surface area contributed by atoms with Crippen molar-refractivity contribution in [2.45, 2.75) is 26.4 Å². The third-order valence-electron chi connectivity index (χ3n) is 4.75. The molecule has 1 aliphatic heterocycles. The first-order chi connectivity index (χ1) is 14.1. The van der Waals surface area contributed by atoms with Gasteiger partial charge in [-0.05, 0) is 43.7 Å². The van der Waals surface area contributed by atoms with Crippen LogP contribution in [0.4, 0.5) is 11.5 Å². The van der Waals surface area contributed by atoms with Gasteiger partial charge in [-0.1, -0.05) is 30.3 Å². The first-order valence-corrected chi connectivity index (χ1v) is 9.58. The van der Waals surface area contributed by atoms with E-state index in [9.17, 15) is 4.79 Å². The number of aromatic nitrogens is 1. The fourth-order valence-electron chi connectivity index (χ4n) is 3.20. The number of benzene rings is 2. The second-order valence-corrected chi connectivity index (χ2v) is 7.13. The summed E-state index contributed by atoms with van der Waals surface area (Å²) in [5.74, 6) is 1.88. The number of nitrogens with zero attached hydrogens (tertiary/aromatic N) is 2. The van der Waals surface area contributed by atoms with Crippen LogP contribution in [0, 0.1) is 0 Å². The molecule has 0 fully saturated rings. The van der Waals surface area contributed by atoms with Crippen molar-refractivity contribution in [1.29, 1.82) is 0 Å². The Morgan fingerprint density at radius 3 is 2.66 bits per heavy atom. The summed E-state index contributed by atoms with van der Waals surface area (Å²) in [4.78, 5) is 19.5. The van der Waals surface area contributed by atoms with Crippen molar-refractivity contribution in [3.63, 3.8) is 0 Å². The molecule has 29 heavy (non-hydrogen) atoms. The van der Waals surface area contributed by atoms with Gasteiger partial charge >= 0.3 is 0 Å². The lowest BCUT2D eigenvalue weighted by molar-refractivity contribution is 0.102. The molecular formula is C23H23N3O3. The molecule has 148 valence electrons. The number of fused-ring (bicyclic) bond motifs is 1. The standard InChI is InChI=1S/C23H23N3O3/c1-16(2)26(14-17-6-4-3-5-7-17)22-12-18(10-11-24-22)23(27)25-19-8-9-20-21(13-19)29-15-28-20/h3-13,16H,14-15H2,1-2H3,(H,25,27). The Morgan fingerprint density at radius 2 is 1.86 bits per heavy atom. The average Bonchev–Trinajstić information content (AvgIpc) is 3.20. The molecule has 6 nitrogen and oxygen atoms in total. The number of carbonyl (C=O) groups excluding carboxylic acids is 1. The van der Waals surface area contributed by atoms with E-state index in [0.29, 0.717) is 22.7 Å². The van der Waals surface area contributed by atoms with Gasteiger partial charge in [0, 0.05) is 36.1 Å². The van der Waals surface area contributed by atoms with Gasteiger partial charge in [-0.15, -0.1) is 0 Å². The quantitative estimate of drug-likeness (QED) is 0.674. The largest absolute Gasteiger partial charge is 0.454 e. The van der Waals surface area contributed by atoms with E-state index >= 15 is 0 Å². The molecule has 0 unspecified atom stereocenters. The lowest BCUT2D eigenvalue weighted by Crippen LogP contribution is -2.31.